The Labute approximate surface area is 126 Å². The van der Waals surface area contributed by atoms with Gasteiger partial charge in [-0.3, -0.25) is 4.99 Å². The molecular formula is C16H26FN3O. The molecule has 0 aliphatic carbocycles. The van der Waals surface area contributed by atoms with Crippen LogP contribution in [0.1, 0.15) is 26.7 Å². The molecule has 1 aromatic carbocycles. The third kappa shape index (κ3) is 8.17. The van der Waals surface area contributed by atoms with E-state index in [1.54, 1.807) is 19.2 Å². The van der Waals surface area contributed by atoms with Gasteiger partial charge in [0.15, 0.2) is 5.96 Å². The Balaban J connectivity index is 2.07. The van der Waals surface area contributed by atoms with Crippen LogP contribution in [0.15, 0.2) is 29.3 Å². The number of halogens is 1. The van der Waals surface area contributed by atoms with Gasteiger partial charge in [0.2, 0.25) is 0 Å². The summed E-state index contributed by atoms with van der Waals surface area (Å²) in [4.78, 5) is 4.16. The molecule has 5 heteroatoms. The fraction of sp³-hybridized carbons (Fsp3) is 0.562. The van der Waals surface area contributed by atoms with E-state index in [0.29, 0.717) is 18.3 Å². The van der Waals surface area contributed by atoms with Crippen molar-refractivity contribution in [1.82, 2.24) is 10.6 Å². The van der Waals surface area contributed by atoms with Crippen LogP contribution < -0.4 is 15.4 Å². The number of unbranched alkanes of at least 4 members (excludes halogenated alkanes) is 1. The van der Waals surface area contributed by atoms with Gasteiger partial charge in [0.05, 0.1) is 6.61 Å². The standard InChI is InChI=1S/C16H26FN3O/c1-13(2)12-20-16(18-3)19-10-4-5-11-21-15-8-6-14(17)7-9-15/h6-9,13H,4-5,10-12H2,1-3H3,(H2,18,19,20). The molecule has 0 saturated carbocycles. The Morgan fingerprint density at radius 1 is 1.19 bits per heavy atom. The molecular weight excluding hydrogens is 269 g/mol. The van der Waals surface area contributed by atoms with E-state index in [2.05, 4.69) is 29.5 Å². The number of rotatable bonds is 8. The van der Waals surface area contributed by atoms with Gasteiger partial charge < -0.3 is 15.4 Å². The molecule has 118 valence electrons. The van der Waals surface area contributed by atoms with Crippen molar-refractivity contribution in [3.63, 3.8) is 0 Å². The summed E-state index contributed by atoms with van der Waals surface area (Å²) in [5.74, 6) is 1.89. The summed E-state index contributed by atoms with van der Waals surface area (Å²) >= 11 is 0. The predicted octanol–water partition coefficient (Wildman–Crippen LogP) is 2.81. The van der Waals surface area contributed by atoms with E-state index < -0.39 is 0 Å². The van der Waals surface area contributed by atoms with Crippen molar-refractivity contribution < 1.29 is 9.13 Å². The van der Waals surface area contributed by atoms with E-state index in [1.165, 1.54) is 12.1 Å². The molecule has 0 bridgehead atoms. The van der Waals surface area contributed by atoms with Crippen molar-refractivity contribution in [2.75, 3.05) is 26.7 Å². The van der Waals surface area contributed by atoms with E-state index in [0.717, 1.165) is 31.9 Å². The maximum atomic E-state index is 12.7. The van der Waals surface area contributed by atoms with E-state index in [4.69, 9.17) is 4.74 Å². The summed E-state index contributed by atoms with van der Waals surface area (Å²) in [5, 5.41) is 6.53. The zero-order valence-corrected chi connectivity index (χ0v) is 13.2. The number of benzene rings is 1. The van der Waals surface area contributed by atoms with Crippen LogP contribution in [0.5, 0.6) is 5.75 Å². The van der Waals surface area contributed by atoms with Gasteiger partial charge in [0.1, 0.15) is 11.6 Å². The molecule has 0 amide bonds. The summed E-state index contributed by atoms with van der Waals surface area (Å²) in [6, 6.07) is 6.10. The Hall–Kier alpha value is -1.78. The minimum Gasteiger partial charge on any atom is -0.494 e. The number of hydrogen-bond acceptors (Lipinski definition) is 2. The second-order valence-electron chi connectivity index (χ2n) is 5.28. The van der Waals surface area contributed by atoms with Crippen LogP contribution in [0.2, 0.25) is 0 Å². The molecule has 21 heavy (non-hydrogen) atoms. The van der Waals surface area contributed by atoms with Crippen LogP contribution in [0.25, 0.3) is 0 Å². The first-order chi connectivity index (χ1) is 10.1. The minimum atomic E-state index is -0.244. The highest BCUT2D eigenvalue weighted by molar-refractivity contribution is 5.79. The topological polar surface area (TPSA) is 45.7 Å². The van der Waals surface area contributed by atoms with Gasteiger partial charge >= 0.3 is 0 Å². The highest BCUT2D eigenvalue weighted by atomic mass is 19.1. The molecule has 2 N–H and O–H groups in total. The summed E-state index contributed by atoms with van der Waals surface area (Å²) < 4.78 is 18.2. The van der Waals surface area contributed by atoms with Crippen molar-refractivity contribution in [1.29, 1.82) is 0 Å². The number of guanidine groups is 1. The smallest absolute Gasteiger partial charge is 0.190 e. The molecule has 0 aliphatic heterocycles. The van der Waals surface area contributed by atoms with Crippen molar-refractivity contribution >= 4 is 5.96 Å². The van der Waals surface area contributed by atoms with Crippen LogP contribution in [0.3, 0.4) is 0 Å². The van der Waals surface area contributed by atoms with Gasteiger partial charge in [0, 0.05) is 20.1 Å². The number of aliphatic imine (C=N–C) groups is 1. The monoisotopic (exact) mass is 295 g/mol. The lowest BCUT2D eigenvalue weighted by Crippen LogP contribution is -2.39. The van der Waals surface area contributed by atoms with E-state index in [9.17, 15) is 4.39 Å². The lowest BCUT2D eigenvalue weighted by Gasteiger charge is -2.13. The average Bonchev–Trinajstić information content (AvgIpc) is 2.47. The minimum absolute atomic E-state index is 0.244. The summed E-state index contributed by atoms with van der Waals surface area (Å²) in [6.45, 7) is 6.71. The highest BCUT2D eigenvalue weighted by Gasteiger charge is 1.99. The molecule has 0 fully saturated rings. The zero-order valence-electron chi connectivity index (χ0n) is 13.2. The maximum absolute atomic E-state index is 12.7. The number of nitrogens with one attached hydrogen (secondary N) is 2. The van der Waals surface area contributed by atoms with E-state index >= 15 is 0 Å². The SMILES string of the molecule is CN=C(NCCCCOc1ccc(F)cc1)NCC(C)C. The first-order valence-electron chi connectivity index (χ1n) is 7.44. The average molecular weight is 295 g/mol. The van der Waals surface area contributed by atoms with Gasteiger partial charge in [-0.05, 0) is 43.0 Å². The second-order valence-corrected chi connectivity index (χ2v) is 5.28. The molecule has 1 aromatic rings. The molecule has 0 spiro atoms. The Bertz CT molecular complexity index is 418. The van der Waals surface area contributed by atoms with Gasteiger partial charge in [-0.15, -0.1) is 0 Å². The molecule has 0 heterocycles. The Kier molecular flexibility index (Phi) is 8.24. The quantitative estimate of drug-likeness (QED) is 0.440. The maximum Gasteiger partial charge on any atom is 0.190 e. The van der Waals surface area contributed by atoms with Crippen LogP contribution >= 0.6 is 0 Å². The van der Waals surface area contributed by atoms with Crippen molar-refractivity contribution in [2.24, 2.45) is 10.9 Å². The predicted molar refractivity (Wildman–Crippen MR) is 85.3 cm³/mol. The first-order valence-corrected chi connectivity index (χ1v) is 7.44. The third-order valence-electron chi connectivity index (χ3n) is 2.85. The molecule has 0 radical (unpaired) electrons. The third-order valence-corrected chi connectivity index (χ3v) is 2.85. The summed E-state index contributed by atoms with van der Waals surface area (Å²) in [7, 11) is 1.77. The van der Waals surface area contributed by atoms with Crippen molar-refractivity contribution in [2.45, 2.75) is 26.7 Å². The lowest BCUT2D eigenvalue weighted by molar-refractivity contribution is 0.306. The van der Waals surface area contributed by atoms with E-state index in [-0.39, 0.29) is 5.82 Å². The molecule has 1 rings (SSSR count). The van der Waals surface area contributed by atoms with E-state index in [1.807, 2.05) is 0 Å². The fourth-order valence-electron chi connectivity index (χ4n) is 1.68. The van der Waals surface area contributed by atoms with Crippen LogP contribution in [0, 0.1) is 11.7 Å². The van der Waals surface area contributed by atoms with Crippen LogP contribution in [-0.4, -0.2) is 32.7 Å². The van der Waals surface area contributed by atoms with Gasteiger partial charge in [-0.25, -0.2) is 4.39 Å². The van der Waals surface area contributed by atoms with Crippen molar-refractivity contribution in [3.8, 4) is 5.75 Å². The van der Waals surface area contributed by atoms with Crippen LogP contribution in [-0.2, 0) is 0 Å². The Morgan fingerprint density at radius 2 is 1.90 bits per heavy atom. The van der Waals surface area contributed by atoms with Crippen LogP contribution in [0.4, 0.5) is 4.39 Å². The largest absolute Gasteiger partial charge is 0.494 e. The van der Waals surface area contributed by atoms with Crippen molar-refractivity contribution in [3.05, 3.63) is 30.1 Å². The number of nitrogens with zero attached hydrogens (tertiary/aromatic N) is 1. The van der Waals surface area contributed by atoms with Gasteiger partial charge in [-0.2, -0.15) is 0 Å². The molecule has 0 aromatic heterocycles. The van der Waals surface area contributed by atoms with Gasteiger partial charge in [-0.1, -0.05) is 13.8 Å². The summed E-state index contributed by atoms with van der Waals surface area (Å²) in [6.07, 6.45) is 1.93. The molecule has 0 aliphatic rings. The molecule has 0 unspecified atom stereocenters. The van der Waals surface area contributed by atoms with Gasteiger partial charge in [0.25, 0.3) is 0 Å². The Morgan fingerprint density at radius 3 is 2.52 bits per heavy atom. The highest BCUT2D eigenvalue weighted by Crippen LogP contribution is 2.11. The molecule has 0 saturated heterocycles. The number of ether oxygens (including phenoxy) is 1. The fourth-order valence-corrected chi connectivity index (χ4v) is 1.68. The normalized spacial score (nSPS) is 11.6. The zero-order chi connectivity index (χ0) is 15.5. The number of hydrogen-bond donors (Lipinski definition) is 2. The molecule has 0 atom stereocenters. The second kappa shape index (κ2) is 10.0. The lowest BCUT2D eigenvalue weighted by atomic mass is 10.2. The summed E-state index contributed by atoms with van der Waals surface area (Å²) in [5.41, 5.74) is 0. The first kappa shape index (κ1) is 17.3. The molecule has 4 nitrogen and oxygen atoms in total.